The molecular weight excluding hydrogens is 422 g/mol. The van der Waals surface area contributed by atoms with Gasteiger partial charge in [-0.3, -0.25) is 4.98 Å². The van der Waals surface area contributed by atoms with Crippen LogP contribution in [0.1, 0.15) is 26.5 Å². The molecule has 11 heteroatoms. The van der Waals surface area contributed by atoms with E-state index in [2.05, 4.69) is 20.3 Å². The summed E-state index contributed by atoms with van der Waals surface area (Å²) in [6.45, 7) is 4.22. The predicted molar refractivity (Wildman–Crippen MR) is 114 cm³/mol. The number of imidazole rings is 1. The molecule has 172 valence electrons. The molecule has 3 heterocycles. The Labute approximate surface area is 184 Å². The van der Waals surface area contributed by atoms with Crippen LogP contribution in [-0.2, 0) is 6.54 Å². The lowest BCUT2D eigenvalue weighted by atomic mass is 10.1. The number of rotatable bonds is 8. The van der Waals surface area contributed by atoms with Crippen molar-refractivity contribution in [1.29, 1.82) is 0 Å². The highest BCUT2D eigenvalue weighted by Gasteiger charge is 2.32. The molecule has 0 spiro atoms. The molecule has 0 aliphatic rings. The summed E-state index contributed by atoms with van der Waals surface area (Å²) in [6.07, 6.45) is 6.72. The normalized spacial score (nSPS) is 12.5. The van der Waals surface area contributed by atoms with Gasteiger partial charge >= 0.3 is 6.03 Å². The van der Waals surface area contributed by atoms with Crippen LogP contribution in [0.5, 0.6) is 11.6 Å². The molecule has 0 saturated carbocycles. The van der Waals surface area contributed by atoms with Gasteiger partial charge in [-0.1, -0.05) is 0 Å². The lowest BCUT2D eigenvalue weighted by Gasteiger charge is -2.26. The van der Waals surface area contributed by atoms with Crippen molar-refractivity contribution in [2.24, 2.45) is 0 Å². The smallest absolute Gasteiger partial charge is 0.318 e. The van der Waals surface area contributed by atoms with Crippen molar-refractivity contribution in [2.75, 3.05) is 20.8 Å². The Kier molecular flexibility index (Phi) is 6.75. The van der Waals surface area contributed by atoms with E-state index in [4.69, 9.17) is 9.47 Å². The third kappa shape index (κ3) is 4.87. The van der Waals surface area contributed by atoms with Gasteiger partial charge in [0.05, 0.1) is 44.4 Å². The van der Waals surface area contributed by atoms with Crippen LogP contribution in [0, 0.1) is 0 Å². The Bertz CT molecular complexity index is 1100. The van der Waals surface area contributed by atoms with E-state index < -0.39 is 18.0 Å². The zero-order valence-electron chi connectivity index (χ0n) is 18.6. The van der Waals surface area contributed by atoms with Gasteiger partial charge in [0.25, 0.3) is 11.8 Å². The minimum absolute atomic E-state index is 0.117. The Morgan fingerprint density at radius 3 is 2.69 bits per heavy atom. The van der Waals surface area contributed by atoms with Gasteiger partial charge < -0.3 is 24.1 Å². The van der Waals surface area contributed by atoms with Crippen LogP contribution in [0.2, 0.25) is 0 Å². The van der Waals surface area contributed by atoms with Gasteiger partial charge in [-0.25, -0.2) is 23.5 Å². The number of carbonyl (C=O) groups is 1. The second kappa shape index (κ2) is 9.33. The second-order valence-electron chi connectivity index (χ2n) is 7.31. The van der Waals surface area contributed by atoms with Crippen LogP contribution < -0.4 is 14.8 Å². The quantitative estimate of drug-likeness (QED) is 0.568. The Morgan fingerprint density at radius 1 is 1.31 bits per heavy atom. The van der Waals surface area contributed by atoms with Crippen LogP contribution in [-0.4, -0.2) is 63.0 Å². The maximum Gasteiger partial charge on any atom is 0.318 e. The number of halogens is 2. The number of fused-ring (bicyclic) bond motifs is 1. The van der Waals surface area contributed by atoms with Gasteiger partial charge in [-0.15, -0.1) is 0 Å². The minimum Gasteiger partial charge on any atom is -0.494 e. The fourth-order valence-corrected chi connectivity index (χ4v) is 3.03. The summed E-state index contributed by atoms with van der Waals surface area (Å²) in [5, 5.41) is 2.34. The van der Waals surface area contributed by atoms with Gasteiger partial charge in [-0.2, -0.15) is 0 Å². The van der Waals surface area contributed by atoms with Gasteiger partial charge in [0, 0.05) is 37.6 Å². The van der Waals surface area contributed by atoms with E-state index in [0.717, 1.165) is 6.92 Å². The molecule has 0 fully saturated rings. The largest absolute Gasteiger partial charge is 0.494 e. The number of nitrogens with one attached hydrogen (secondary N) is 1. The number of amides is 2. The Morgan fingerprint density at radius 2 is 2.06 bits per heavy atom. The second-order valence-corrected chi connectivity index (χ2v) is 7.31. The highest BCUT2D eigenvalue weighted by molar-refractivity contribution is 5.75. The summed E-state index contributed by atoms with van der Waals surface area (Å²) in [6, 6.07) is -0.153. The van der Waals surface area contributed by atoms with Crippen molar-refractivity contribution in [2.45, 2.75) is 39.3 Å². The molecule has 2 amide bonds. The van der Waals surface area contributed by atoms with E-state index in [1.165, 1.54) is 32.2 Å². The first-order chi connectivity index (χ1) is 15.2. The molecule has 0 saturated heterocycles. The fraction of sp³-hybridized carbons (Fsp3) is 0.429. The van der Waals surface area contributed by atoms with Crippen molar-refractivity contribution >= 4 is 11.7 Å². The minimum atomic E-state index is -3.03. The molecular formula is C21H26F2N6O3. The summed E-state index contributed by atoms with van der Waals surface area (Å²) in [7, 11) is 3.03. The van der Waals surface area contributed by atoms with Crippen molar-refractivity contribution in [3.05, 3.63) is 36.5 Å². The summed E-state index contributed by atoms with van der Waals surface area (Å²) in [5.74, 6) is -2.21. The number of urea groups is 1. The van der Waals surface area contributed by atoms with E-state index in [9.17, 15) is 13.6 Å². The number of pyridine rings is 1. The first-order valence-corrected chi connectivity index (χ1v) is 10.0. The van der Waals surface area contributed by atoms with E-state index in [-0.39, 0.29) is 6.54 Å². The van der Waals surface area contributed by atoms with Gasteiger partial charge in [0.15, 0.2) is 5.65 Å². The molecule has 1 N–H and O–H groups in total. The summed E-state index contributed by atoms with van der Waals surface area (Å²) >= 11 is 0. The molecule has 3 rings (SSSR count). The van der Waals surface area contributed by atoms with Gasteiger partial charge in [0.1, 0.15) is 5.75 Å². The first kappa shape index (κ1) is 23.2. The average Bonchev–Trinajstić information content (AvgIpc) is 3.24. The Balaban J connectivity index is 1.91. The van der Waals surface area contributed by atoms with Crippen molar-refractivity contribution in [3.8, 4) is 22.9 Å². The van der Waals surface area contributed by atoms with Crippen LogP contribution in [0.25, 0.3) is 16.9 Å². The van der Waals surface area contributed by atoms with E-state index >= 15 is 0 Å². The summed E-state index contributed by atoms with van der Waals surface area (Å²) < 4.78 is 39.5. The third-order valence-corrected chi connectivity index (χ3v) is 5.08. The summed E-state index contributed by atoms with van der Waals surface area (Å²) in [4.78, 5) is 27.0. The number of alkyl halides is 2. The SMILES string of the molecule is CCN(Cc1cc(-c2cn3ccnc3c(OC)n2)c(OC)cn1)C(=O)NC(C)C(C)(F)F. The molecule has 3 aromatic rings. The monoisotopic (exact) mass is 448 g/mol. The topological polar surface area (TPSA) is 93.9 Å². The molecule has 3 aromatic heterocycles. The van der Waals surface area contributed by atoms with Gasteiger partial charge in [-0.05, 0) is 19.9 Å². The maximum absolute atomic E-state index is 13.5. The highest BCUT2D eigenvalue weighted by atomic mass is 19.3. The third-order valence-electron chi connectivity index (χ3n) is 5.08. The van der Waals surface area contributed by atoms with E-state index in [1.54, 1.807) is 36.0 Å². The number of aromatic nitrogens is 4. The average molecular weight is 448 g/mol. The molecule has 0 aromatic carbocycles. The lowest BCUT2D eigenvalue weighted by molar-refractivity contribution is -0.00988. The number of hydrogen-bond donors (Lipinski definition) is 1. The van der Waals surface area contributed by atoms with E-state index in [1.807, 2.05) is 0 Å². The van der Waals surface area contributed by atoms with Crippen molar-refractivity contribution in [3.63, 3.8) is 0 Å². The standard InChI is InChI=1S/C21H26F2N6O3/c1-6-28(20(30)26-13(2)21(3,22)23)11-14-9-15(17(31-4)10-25-14)16-12-29-8-7-24-18(29)19(27-16)32-5/h7-10,12-13H,6,11H2,1-5H3,(H,26,30). The van der Waals surface area contributed by atoms with E-state index in [0.29, 0.717) is 40.8 Å². The lowest BCUT2D eigenvalue weighted by Crippen LogP contribution is -2.49. The van der Waals surface area contributed by atoms with Crippen LogP contribution in [0.15, 0.2) is 30.9 Å². The number of hydrogen-bond acceptors (Lipinski definition) is 6. The predicted octanol–water partition coefficient (Wildman–Crippen LogP) is 3.38. The number of carbonyl (C=O) groups excluding carboxylic acids is 1. The zero-order valence-corrected chi connectivity index (χ0v) is 18.6. The van der Waals surface area contributed by atoms with Crippen LogP contribution in [0.3, 0.4) is 0 Å². The fourth-order valence-electron chi connectivity index (χ4n) is 3.03. The number of nitrogens with zero attached hydrogens (tertiary/aromatic N) is 5. The number of ether oxygens (including phenoxy) is 2. The molecule has 1 unspecified atom stereocenters. The molecule has 0 aliphatic carbocycles. The van der Waals surface area contributed by atoms with Crippen LogP contribution >= 0.6 is 0 Å². The van der Waals surface area contributed by atoms with Crippen LogP contribution in [0.4, 0.5) is 13.6 Å². The maximum atomic E-state index is 13.5. The van der Waals surface area contributed by atoms with Crippen molar-refractivity contribution in [1.82, 2.24) is 29.6 Å². The molecule has 0 bridgehead atoms. The van der Waals surface area contributed by atoms with Crippen molar-refractivity contribution < 1.29 is 23.0 Å². The Hall–Kier alpha value is -3.50. The first-order valence-electron chi connectivity index (χ1n) is 10.0. The zero-order chi connectivity index (χ0) is 23.5. The molecule has 9 nitrogen and oxygen atoms in total. The molecule has 0 radical (unpaired) electrons. The summed E-state index contributed by atoms with van der Waals surface area (Å²) in [5.41, 5.74) is 2.30. The molecule has 1 atom stereocenters. The molecule has 32 heavy (non-hydrogen) atoms. The van der Waals surface area contributed by atoms with Gasteiger partial charge in [0.2, 0.25) is 0 Å². The highest BCUT2D eigenvalue weighted by Crippen LogP contribution is 2.31. The number of methoxy groups -OCH3 is 2. The molecule has 0 aliphatic heterocycles.